The highest BCUT2D eigenvalue weighted by Gasteiger charge is 2.26. The van der Waals surface area contributed by atoms with Gasteiger partial charge in [0.1, 0.15) is 11.5 Å². The van der Waals surface area contributed by atoms with Crippen LogP contribution >= 0.6 is 0 Å². The zero-order valence-corrected chi connectivity index (χ0v) is 28.5. The van der Waals surface area contributed by atoms with E-state index in [0.717, 1.165) is 39.0 Å². The minimum Gasteiger partial charge on any atom is -0.482 e. The highest BCUT2D eigenvalue weighted by Crippen LogP contribution is 2.40. The number of carbonyl (C=O) groups is 2. The lowest BCUT2D eigenvalue weighted by Gasteiger charge is -2.32. The van der Waals surface area contributed by atoms with E-state index in [0.29, 0.717) is 17.9 Å². The summed E-state index contributed by atoms with van der Waals surface area (Å²) in [5.41, 5.74) is 10.4. The number of carbonyl (C=O) groups excluding carboxylic acids is 1. The van der Waals surface area contributed by atoms with Crippen molar-refractivity contribution in [2.45, 2.75) is 93.9 Å². The first-order valence-corrected chi connectivity index (χ1v) is 15.9. The van der Waals surface area contributed by atoms with Crippen molar-refractivity contribution in [2.24, 2.45) is 5.41 Å². The number of benzene rings is 2. The van der Waals surface area contributed by atoms with Gasteiger partial charge in [-0.15, -0.1) is 0 Å². The van der Waals surface area contributed by atoms with Gasteiger partial charge >= 0.3 is 11.9 Å². The lowest BCUT2D eigenvalue weighted by molar-refractivity contribution is -0.139. The zero-order chi connectivity index (χ0) is 33.3. The molecule has 0 saturated carbocycles. The molecule has 0 unspecified atom stereocenters. The molecule has 1 N–H and O–H groups in total. The fourth-order valence-corrected chi connectivity index (χ4v) is 5.92. The lowest BCUT2D eigenvalue weighted by atomic mass is 9.72. The summed E-state index contributed by atoms with van der Waals surface area (Å²) in [7, 11) is 0. The number of hydrogen-bond donors (Lipinski definition) is 1. The number of aryl methyl sites for hydroxylation is 2. The van der Waals surface area contributed by atoms with Gasteiger partial charge in [0.2, 0.25) is 0 Å². The molecule has 240 valence electrons. The molecule has 0 heterocycles. The van der Waals surface area contributed by atoms with Crippen molar-refractivity contribution in [3.05, 3.63) is 117 Å². The largest absolute Gasteiger partial charge is 0.482 e. The third-order valence-corrected chi connectivity index (χ3v) is 8.44. The number of hydrogen-bond acceptors (Lipinski definition) is 4. The van der Waals surface area contributed by atoms with E-state index in [1.165, 1.54) is 36.5 Å². The molecule has 1 aliphatic carbocycles. The summed E-state index contributed by atoms with van der Waals surface area (Å²) in [6.45, 7) is 18.7. The van der Waals surface area contributed by atoms with Gasteiger partial charge in [-0.1, -0.05) is 81.4 Å². The van der Waals surface area contributed by atoms with E-state index in [4.69, 9.17) is 14.6 Å². The summed E-state index contributed by atoms with van der Waals surface area (Å²) in [6, 6.07) is 9.72. The lowest BCUT2D eigenvalue weighted by Crippen LogP contribution is -2.19. The first kappa shape index (κ1) is 35.4. The molecule has 45 heavy (non-hydrogen) atoms. The molecular formula is C40H50O5. The SMILES string of the molecule is CC1=C(/C=C/C(C)=C/C=C/C(C)=C/C(=O)Oc2ccc(Cc3c(C)cc(OCC(=O)O)cc3C)cc2C(C)C)C(C)(C)CCC1. The molecule has 5 heteroatoms. The fraction of sp³-hybridized carbons (Fsp3) is 0.400. The molecule has 0 atom stereocenters. The molecule has 0 fully saturated rings. The van der Waals surface area contributed by atoms with E-state index in [1.54, 1.807) is 0 Å². The van der Waals surface area contributed by atoms with Crippen LogP contribution in [0.5, 0.6) is 11.5 Å². The predicted octanol–water partition coefficient (Wildman–Crippen LogP) is 9.92. The van der Waals surface area contributed by atoms with Gasteiger partial charge in [-0.3, -0.25) is 0 Å². The number of carboxylic acid groups (broad SMARTS) is 1. The molecule has 5 nitrogen and oxygen atoms in total. The number of carboxylic acids is 1. The van der Waals surface area contributed by atoms with Gasteiger partial charge in [0.25, 0.3) is 0 Å². The second-order valence-corrected chi connectivity index (χ2v) is 13.3. The molecule has 0 radical (unpaired) electrons. The Morgan fingerprint density at radius 3 is 2.31 bits per heavy atom. The fourth-order valence-electron chi connectivity index (χ4n) is 5.92. The second kappa shape index (κ2) is 15.7. The van der Waals surface area contributed by atoms with Crippen molar-refractivity contribution in [2.75, 3.05) is 6.61 Å². The number of rotatable bonds is 12. The molecule has 0 saturated heterocycles. The average molecular weight is 611 g/mol. The average Bonchev–Trinajstić information content (AvgIpc) is 2.93. The molecular weight excluding hydrogens is 560 g/mol. The van der Waals surface area contributed by atoms with E-state index in [2.05, 4.69) is 65.8 Å². The maximum atomic E-state index is 12.8. The maximum Gasteiger partial charge on any atom is 0.341 e. The van der Waals surface area contributed by atoms with Gasteiger partial charge < -0.3 is 14.6 Å². The topological polar surface area (TPSA) is 72.8 Å². The third-order valence-electron chi connectivity index (χ3n) is 8.44. The van der Waals surface area contributed by atoms with Crippen molar-refractivity contribution in [3.8, 4) is 11.5 Å². The number of allylic oxidation sites excluding steroid dienone is 9. The highest BCUT2D eigenvalue weighted by atomic mass is 16.5. The van der Waals surface area contributed by atoms with Gasteiger partial charge in [-0.05, 0) is 129 Å². The Hall–Kier alpha value is -4.12. The van der Waals surface area contributed by atoms with Gasteiger partial charge in [-0.25, -0.2) is 9.59 Å². The molecule has 0 aromatic heterocycles. The molecule has 0 aliphatic heterocycles. The van der Waals surface area contributed by atoms with Crippen LogP contribution in [0.15, 0.2) is 89.1 Å². The van der Waals surface area contributed by atoms with Crippen LogP contribution < -0.4 is 9.47 Å². The van der Waals surface area contributed by atoms with Gasteiger partial charge in [0.05, 0.1) is 0 Å². The molecule has 1 aliphatic rings. The van der Waals surface area contributed by atoms with Crippen LogP contribution in [-0.2, 0) is 16.0 Å². The number of ether oxygens (including phenoxy) is 2. The van der Waals surface area contributed by atoms with Crippen molar-refractivity contribution >= 4 is 11.9 Å². The van der Waals surface area contributed by atoms with E-state index in [1.807, 2.05) is 57.2 Å². The van der Waals surface area contributed by atoms with Gasteiger partial charge in [0.15, 0.2) is 6.61 Å². The first-order chi connectivity index (χ1) is 21.2. The molecule has 2 aromatic carbocycles. The Bertz CT molecular complexity index is 1540. The van der Waals surface area contributed by atoms with Crippen LogP contribution in [0, 0.1) is 19.3 Å². The van der Waals surface area contributed by atoms with Crippen LogP contribution in [0.2, 0.25) is 0 Å². The molecule has 0 spiro atoms. The van der Waals surface area contributed by atoms with Crippen LogP contribution in [-0.4, -0.2) is 23.7 Å². The molecule has 0 bridgehead atoms. The summed E-state index contributed by atoms with van der Waals surface area (Å²) in [5, 5.41) is 8.91. The van der Waals surface area contributed by atoms with Crippen molar-refractivity contribution < 1.29 is 24.2 Å². The van der Waals surface area contributed by atoms with Crippen molar-refractivity contribution in [3.63, 3.8) is 0 Å². The van der Waals surface area contributed by atoms with Crippen LogP contribution in [0.3, 0.4) is 0 Å². The summed E-state index contributed by atoms with van der Waals surface area (Å²) in [5.74, 6) is -0.135. The minimum atomic E-state index is -1.00. The van der Waals surface area contributed by atoms with Crippen LogP contribution in [0.1, 0.15) is 101 Å². The summed E-state index contributed by atoms with van der Waals surface area (Å²) in [4.78, 5) is 23.7. The van der Waals surface area contributed by atoms with Crippen LogP contribution in [0.4, 0.5) is 0 Å². The summed E-state index contributed by atoms with van der Waals surface area (Å²) < 4.78 is 11.2. The Morgan fingerprint density at radius 1 is 1.00 bits per heavy atom. The first-order valence-electron chi connectivity index (χ1n) is 15.9. The third kappa shape index (κ3) is 10.5. The van der Waals surface area contributed by atoms with Gasteiger partial charge in [-0.2, -0.15) is 0 Å². The zero-order valence-electron chi connectivity index (χ0n) is 28.5. The normalized spacial score (nSPS) is 15.8. The van der Waals surface area contributed by atoms with Gasteiger partial charge in [0, 0.05) is 6.08 Å². The summed E-state index contributed by atoms with van der Waals surface area (Å²) in [6.07, 6.45) is 16.3. The van der Waals surface area contributed by atoms with Crippen molar-refractivity contribution in [1.82, 2.24) is 0 Å². The second-order valence-electron chi connectivity index (χ2n) is 13.3. The number of esters is 1. The quantitative estimate of drug-likeness (QED) is 0.112. The summed E-state index contributed by atoms with van der Waals surface area (Å²) >= 11 is 0. The van der Waals surface area contributed by atoms with E-state index in [-0.39, 0.29) is 17.9 Å². The highest BCUT2D eigenvalue weighted by molar-refractivity contribution is 5.85. The Balaban J connectivity index is 1.68. The smallest absolute Gasteiger partial charge is 0.341 e. The number of aliphatic carboxylic acids is 1. The van der Waals surface area contributed by atoms with Crippen molar-refractivity contribution in [1.29, 1.82) is 0 Å². The van der Waals surface area contributed by atoms with E-state index in [9.17, 15) is 9.59 Å². The molecule has 2 aromatic rings. The molecule has 3 rings (SSSR count). The maximum absolute atomic E-state index is 12.8. The van der Waals surface area contributed by atoms with Crippen LogP contribution in [0.25, 0.3) is 0 Å². The van der Waals surface area contributed by atoms with E-state index >= 15 is 0 Å². The minimum absolute atomic E-state index is 0.159. The molecule has 0 amide bonds. The Kier molecular flexibility index (Phi) is 12.4. The predicted molar refractivity (Wildman–Crippen MR) is 184 cm³/mol. The standard InChI is InChI=1S/C40H50O5/c1-26(2)34-23-32(24-35-30(6)21-33(22-31(35)7)44-25-38(41)42)16-18-37(34)45-39(43)20-28(4)13-10-12-27(3)15-17-36-29(5)14-11-19-40(36,8)9/h10,12-13,15-18,20-23,26H,11,14,19,24-25H2,1-9H3,(H,41,42)/b13-10+,17-15+,27-12+,28-20+. The van der Waals surface area contributed by atoms with E-state index < -0.39 is 11.9 Å². The monoisotopic (exact) mass is 610 g/mol. The Labute approximate surface area is 270 Å². The Morgan fingerprint density at radius 2 is 1.69 bits per heavy atom.